The predicted molar refractivity (Wildman–Crippen MR) is 77.9 cm³/mol. The highest BCUT2D eigenvalue weighted by Crippen LogP contribution is 2.21. The van der Waals surface area contributed by atoms with E-state index in [1.807, 2.05) is 6.92 Å². The van der Waals surface area contributed by atoms with Gasteiger partial charge < -0.3 is 5.32 Å². The van der Waals surface area contributed by atoms with E-state index in [2.05, 4.69) is 19.2 Å². The number of halogens is 2. The molecular weight excluding hydrogens is 269 g/mol. The standard InChI is InChI=1S/C14H17Cl2NO/c1-9(2)10(3)17-14(18)7-5-11-4-6-12(15)8-13(11)16/h4-10H,1-3H3,(H,17,18)/b7-5+/t10-/m0/s1. The Bertz CT molecular complexity index is 455. The van der Waals surface area contributed by atoms with Crippen LogP contribution in [0.2, 0.25) is 10.0 Å². The van der Waals surface area contributed by atoms with Crippen LogP contribution in [0, 0.1) is 5.92 Å². The average molecular weight is 286 g/mol. The van der Waals surface area contributed by atoms with E-state index in [4.69, 9.17) is 23.2 Å². The van der Waals surface area contributed by atoms with Crippen molar-refractivity contribution in [1.82, 2.24) is 5.32 Å². The molecule has 1 amide bonds. The minimum absolute atomic E-state index is 0.123. The number of hydrogen-bond acceptors (Lipinski definition) is 1. The van der Waals surface area contributed by atoms with Crippen molar-refractivity contribution in [2.75, 3.05) is 0 Å². The predicted octanol–water partition coefficient (Wildman–Crippen LogP) is 4.17. The Hall–Kier alpha value is -0.990. The van der Waals surface area contributed by atoms with Crippen molar-refractivity contribution in [2.24, 2.45) is 5.92 Å². The van der Waals surface area contributed by atoms with E-state index >= 15 is 0 Å². The number of nitrogens with one attached hydrogen (secondary N) is 1. The van der Waals surface area contributed by atoms with E-state index in [1.54, 1.807) is 24.3 Å². The molecule has 1 rings (SSSR count). The summed E-state index contributed by atoms with van der Waals surface area (Å²) in [4.78, 5) is 11.6. The lowest BCUT2D eigenvalue weighted by molar-refractivity contribution is -0.117. The largest absolute Gasteiger partial charge is 0.350 e. The number of amides is 1. The molecule has 1 aromatic carbocycles. The van der Waals surface area contributed by atoms with Gasteiger partial charge in [-0.1, -0.05) is 43.1 Å². The van der Waals surface area contributed by atoms with E-state index in [-0.39, 0.29) is 11.9 Å². The summed E-state index contributed by atoms with van der Waals surface area (Å²) in [6.45, 7) is 6.10. The van der Waals surface area contributed by atoms with Crippen molar-refractivity contribution in [1.29, 1.82) is 0 Å². The van der Waals surface area contributed by atoms with Gasteiger partial charge in [-0.05, 0) is 36.6 Å². The topological polar surface area (TPSA) is 29.1 Å². The first-order valence-electron chi connectivity index (χ1n) is 5.83. The van der Waals surface area contributed by atoms with Gasteiger partial charge >= 0.3 is 0 Å². The molecular formula is C14H17Cl2NO. The molecule has 0 fully saturated rings. The molecule has 0 bridgehead atoms. The summed E-state index contributed by atoms with van der Waals surface area (Å²) in [5.74, 6) is 0.281. The summed E-state index contributed by atoms with van der Waals surface area (Å²) in [5, 5.41) is 4.00. The van der Waals surface area contributed by atoms with Crippen LogP contribution in [0.25, 0.3) is 6.08 Å². The Morgan fingerprint density at radius 2 is 1.94 bits per heavy atom. The molecule has 98 valence electrons. The van der Waals surface area contributed by atoms with Gasteiger partial charge in [-0.25, -0.2) is 0 Å². The van der Waals surface area contributed by atoms with Gasteiger partial charge in [-0.3, -0.25) is 4.79 Å². The molecule has 0 saturated heterocycles. The summed E-state index contributed by atoms with van der Waals surface area (Å²) in [5.41, 5.74) is 0.772. The van der Waals surface area contributed by atoms with E-state index < -0.39 is 0 Å². The minimum atomic E-state index is -0.123. The van der Waals surface area contributed by atoms with E-state index in [0.717, 1.165) is 5.56 Å². The van der Waals surface area contributed by atoms with Crippen molar-refractivity contribution in [3.63, 3.8) is 0 Å². The van der Waals surface area contributed by atoms with Crippen LogP contribution in [0.4, 0.5) is 0 Å². The third kappa shape index (κ3) is 4.71. The van der Waals surface area contributed by atoms with Crippen molar-refractivity contribution in [3.05, 3.63) is 39.9 Å². The van der Waals surface area contributed by atoms with E-state index in [1.165, 1.54) is 6.08 Å². The molecule has 1 aromatic rings. The molecule has 18 heavy (non-hydrogen) atoms. The number of carbonyl (C=O) groups is 1. The molecule has 0 saturated carbocycles. The van der Waals surface area contributed by atoms with Crippen LogP contribution in [-0.2, 0) is 4.79 Å². The number of carbonyl (C=O) groups excluding carboxylic acids is 1. The molecule has 0 radical (unpaired) electrons. The highest BCUT2D eigenvalue weighted by atomic mass is 35.5. The van der Waals surface area contributed by atoms with Crippen molar-refractivity contribution < 1.29 is 4.79 Å². The lowest BCUT2D eigenvalue weighted by Gasteiger charge is -2.15. The molecule has 0 unspecified atom stereocenters. The lowest BCUT2D eigenvalue weighted by atomic mass is 10.1. The fourth-order valence-corrected chi connectivity index (χ4v) is 1.71. The molecule has 1 atom stereocenters. The molecule has 0 aliphatic heterocycles. The molecule has 1 N–H and O–H groups in total. The average Bonchev–Trinajstić information content (AvgIpc) is 2.27. The monoisotopic (exact) mass is 285 g/mol. The fraction of sp³-hybridized carbons (Fsp3) is 0.357. The summed E-state index contributed by atoms with van der Waals surface area (Å²) >= 11 is 11.8. The molecule has 2 nitrogen and oxygen atoms in total. The van der Waals surface area contributed by atoms with Crippen LogP contribution >= 0.6 is 23.2 Å². The highest BCUT2D eigenvalue weighted by molar-refractivity contribution is 6.35. The van der Waals surface area contributed by atoms with Gasteiger partial charge in [0.15, 0.2) is 0 Å². The number of benzene rings is 1. The molecule has 0 aromatic heterocycles. The molecule has 0 heterocycles. The molecule has 0 aliphatic carbocycles. The summed E-state index contributed by atoms with van der Waals surface area (Å²) in [6, 6.07) is 5.31. The molecule has 0 spiro atoms. The van der Waals surface area contributed by atoms with E-state index in [0.29, 0.717) is 16.0 Å². The van der Waals surface area contributed by atoms with Gasteiger partial charge in [-0.15, -0.1) is 0 Å². The fourth-order valence-electron chi connectivity index (χ4n) is 1.24. The normalized spacial score (nSPS) is 13.0. The van der Waals surface area contributed by atoms with Gasteiger partial charge in [0.1, 0.15) is 0 Å². The van der Waals surface area contributed by atoms with Crippen LogP contribution in [0.1, 0.15) is 26.3 Å². The van der Waals surface area contributed by atoms with E-state index in [9.17, 15) is 4.79 Å². The van der Waals surface area contributed by atoms with Crippen LogP contribution in [0.5, 0.6) is 0 Å². The maximum atomic E-state index is 11.6. The summed E-state index contributed by atoms with van der Waals surface area (Å²) < 4.78 is 0. The minimum Gasteiger partial charge on any atom is -0.350 e. The van der Waals surface area contributed by atoms with Gasteiger partial charge in [0.05, 0.1) is 0 Å². The number of hydrogen-bond donors (Lipinski definition) is 1. The quantitative estimate of drug-likeness (QED) is 0.827. The Morgan fingerprint density at radius 1 is 1.28 bits per heavy atom. The molecule has 4 heteroatoms. The van der Waals surface area contributed by atoms with Gasteiger partial charge in [0, 0.05) is 22.2 Å². The first kappa shape index (κ1) is 15.1. The maximum absolute atomic E-state index is 11.6. The van der Waals surface area contributed by atoms with Crippen LogP contribution in [-0.4, -0.2) is 11.9 Å². The zero-order chi connectivity index (χ0) is 13.7. The Labute approximate surface area is 118 Å². The second-order valence-corrected chi connectivity index (χ2v) is 5.38. The van der Waals surface area contributed by atoms with Crippen LogP contribution in [0.15, 0.2) is 24.3 Å². The second-order valence-electron chi connectivity index (χ2n) is 4.54. The maximum Gasteiger partial charge on any atom is 0.244 e. The van der Waals surface area contributed by atoms with Crippen molar-refractivity contribution in [3.8, 4) is 0 Å². The summed E-state index contributed by atoms with van der Waals surface area (Å²) in [7, 11) is 0. The number of rotatable bonds is 4. The van der Waals surface area contributed by atoms with Crippen LogP contribution in [0.3, 0.4) is 0 Å². The third-order valence-electron chi connectivity index (χ3n) is 2.75. The third-order valence-corrected chi connectivity index (χ3v) is 3.31. The van der Waals surface area contributed by atoms with Crippen LogP contribution < -0.4 is 5.32 Å². The van der Waals surface area contributed by atoms with Crippen molar-refractivity contribution >= 4 is 35.2 Å². The Morgan fingerprint density at radius 3 is 2.50 bits per heavy atom. The van der Waals surface area contributed by atoms with Gasteiger partial charge in [0.25, 0.3) is 0 Å². The lowest BCUT2D eigenvalue weighted by Crippen LogP contribution is -2.34. The van der Waals surface area contributed by atoms with Crippen molar-refractivity contribution in [2.45, 2.75) is 26.8 Å². The summed E-state index contributed by atoms with van der Waals surface area (Å²) in [6.07, 6.45) is 3.16. The van der Waals surface area contributed by atoms with Gasteiger partial charge in [-0.2, -0.15) is 0 Å². The Balaban J connectivity index is 2.66. The zero-order valence-corrected chi connectivity index (χ0v) is 12.2. The zero-order valence-electron chi connectivity index (χ0n) is 10.7. The molecule has 0 aliphatic rings. The van der Waals surface area contributed by atoms with Gasteiger partial charge in [0.2, 0.25) is 5.91 Å². The first-order chi connectivity index (χ1) is 8.40. The Kier molecular flexibility index (Phi) is 5.70. The smallest absolute Gasteiger partial charge is 0.244 e. The SMILES string of the molecule is CC(C)[C@H](C)NC(=O)/C=C/c1ccc(Cl)cc1Cl. The highest BCUT2D eigenvalue weighted by Gasteiger charge is 2.08. The first-order valence-corrected chi connectivity index (χ1v) is 6.59. The second kappa shape index (κ2) is 6.81.